The summed E-state index contributed by atoms with van der Waals surface area (Å²) >= 11 is 1.73. The summed E-state index contributed by atoms with van der Waals surface area (Å²) < 4.78 is 2.02. The Bertz CT molecular complexity index is 590. The maximum atomic E-state index is 12.4. The fraction of sp³-hybridized carbons (Fsp3) is 0.500. The molecule has 0 unspecified atom stereocenters. The smallest absolute Gasteiger partial charge is 0.223 e. The lowest BCUT2D eigenvalue weighted by atomic mass is 10.1. The average Bonchev–Trinajstić information content (AvgIpc) is 3.16. The second-order valence-electron chi connectivity index (χ2n) is 5.71. The molecule has 4 nitrogen and oxygen atoms in total. The van der Waals surface area contributed by atoms with Crippen LogP contribution in [0, 0.1) is 6.92 Å². The molecule has 3 rings (SSSR count). The summed E-state index contributed by atoms with van der Waals surface area (Å²) in [6, 6.07) is 4.48. The van der Waals surface area contributed by atoms with E-state index in [-0.39, 0.29) is 5.91 Å². The number of carbonyl (C=O) groups excluding carboxylic acids is 1. The second-order valence-corrected chi connectivity index (χ2v) is 6.75. The third-order valence-corrected chi connectivity index (χ3v) is 4.96. The van der Waals surface area contributed by atoms with Gasteiger partial charge in [0.2, 0.25) is 5.91 Å². The zero-order valence-electron chi connectivity index (χ0n) is 12.4. The van der Waals surface area contributed by atoms with Crippen molar-refractivity contribution >= 4 is 17.2 Å². The van der Waals surface area contributed by atoms with Gasteiger partial charge in [-0.2, -0.15) is 5.10 Å². The number of likely N-dealkylation sites (tertiary alicyclic amines) is 1. The summed E-state index contributed by atoms with van der Waals surface area (Å²) in [6.45, 7) is 3.74. The van der Waals surface area contributed by atoms with Crippen LogP contribution < -0.4 is 0 Å². The monoisotopic (exact) mass is 303 g/mol. The number of nitrogens with zero attached hydrogens (tertiary/aromatic N) is 3. The average molecular weight is 303 g/mol. The van der Waals surface area contributed by atoms with Crippen molar-refractivity contribution in [1.82, 2.24) is 14.7 Å². The Labute approximate surface area is 129 Å². The minimum absolute atomic E-state index is 0.275. The number of carbonyl (C=O) groups is 1. The van der Waals surface area contributed by atoms with Gasteiger partial charge in [-0.3, -0.25) is 9.48 Å². The molecule has 0 bridgehead atoms. The number of hydrogen-bond donors (Lipinski definition) is 0. The molecule has 112 valence electrons. The molecule has 1 amide bonds. The second kappa shape index (κ2) is 6.43. The molecule has 0 saturated carbocycles. The molecule has 0 spiro atoms. The molecule has 1 aliphatic rings. The molecule has 2 aromatic heterocycles. The van der Waals surface area contributed by atoms with Gasteiger partial charge in [0.1, 0.15) is 0 Å². The molecular formula is C16H21N3OS. The van der Waals surface area contributed by atoms with E-state index in [9.17, 15) is 4.79 Å². The zero-order chi connectivity index (χ0) is 14.7. The highest BCUT2D eigenvalue weighted by atomic mass is 32.1. The van der Waals surface area contributed by atoms with Gasteiger partial charge in [0.05, 0.1) is 12.2 Å². The maximum Gasteiger partial charge on any atom is 0.223 e. The lowest BCUT2D eigenvalue weighted by Gasteiger charge is -2.33. The van der Waals surface area contributed by atoms with E-state index in [0.717, 1.165) is 32.4 Å². The summed E-state index contributed by atoms with van der Waals surface area (Å²) in [7, 11) is 0. The molecule has 1 aliphatic heterocycles. The Morgan fingerprint density at radius 1 is 1.52 bits per heavy atom. The number of aryl methyl sites for hydroxylation is 2. The number of hydrogen-bond acceptors (Lipinski definition) is 3. The van der Waals surface area contributed by atoms with Gasteiger partial charge in [0.15, 0.2) is 0 Å². The summed E-state index contributed by atoms with van der Waals surface area (Å²) in [5, 5.41) is 6.47. The van der Waals surface area contributed by atoms with Crippen molar-refractivity contribution in [1.29, 1.82) is 0 Å². The Morgan fingerprint density at radius 2 is 2.43 bits per heavy atom. The van der Waals surface area contributed by atoms with Gasteiger partial charge in [-0.05, 0) is 43.2 Å². The van der Waals surface area contributed by atoms with Crippen LogP contribution in [0.4, 0.5) is 0 Å². The lowest BCUT2D eigenvalue weighted by Crippen LogP contribution is -2.40. The van der Waals surface area contributed by atoms with Crippen molar-refractivity contribution in [2.24, 2.45) is 0 Å². The molecule has 0 N–H and O–H groups in total. The normalized spacial score (nSPS) is 18.9. The molecule has 0 radical (unpaired) electrons. The van der Waals surface area contributed by atoms with Crippen LogP contribution in [-0.4, -0.2) is 33.7 Å². The molecule has 0 aromatic carbocycles. The molecule has 5 heteroatoms. The Kier molecular flexibility index (Phi) is 4.39. The SMILES string of the molecule is Cc1cnn([C@H]2CCCN(C(=O)CCc3cccs3)C2)c1. The van der Waals surface area contributed by atoms with Crippen molar-refractivity contribution in [3.8, 4) is 0 Å². The molecule has 1 fully saturated rings. The van der Waals surface area contributed by atoms with E-state index in [1.165, 1.54) is 10.4 Å². The van der Waals surface area contributed by atoms with Crippen LogP contribution in [0.2, 0.25) is 0 Å². The van der Waals surface area contributed by atoms with Crippen LogP contribution >= 0.6 is 11.3 Å². The van der Waals surface area contributed by atoms with Crippen molar-refractivity contribution < 1.29 is 4.79 Å². The van der Waals surface area contributed by atoms with Gasteiger partial charge >= 0.3 is 0 Å². The quantitative estimate of drug-likeness (QED) is 0.870. The number of aromatic nitrogens is 2. The highest BCUT2D eigenvalue weighted by Gasteiger charge is 2.24. The van der Waals surface area contributed by atoms with Gasteiger partial charge in [-0.25, -0.2) is 0 Å². The van der Waals surface area contributed by atoms with Gasteiger partial charge in [-0.1, -0.05) is 6.07 Å². The third-order valence-electron chi connectivity index (χ3n) is 4.02. The largest absolute Gasteiger partial charge is 0.341 e. The van der Waals surface area contributed by atoms with Gasteiger partial charge in [-0.15, -0.1) is 11.3 Å². The predicted molar refractivity (Wildman–Crippen MR) is 84.5 cm³/mol. The van der Waals surface area contributed by atoms with Crippen LogP contribution in [0.5, 0.6) is 0 Å². The van der Waals surface area contributed by atoms with Crippen LogP contribution in [0.25, 0.3) is 0 Å². The van der Waals surface area contributed by atoms with Gasteiger partial charge < -0.3 is 4.90 Å². The summed E-state index contributed by atoms with van der Waals surface area (Å²) in [6.07, 6.45) is 7.61. The Morgan fingerprint density at radius 3 is 3.14 bits per heavy atom. The standard InChI is InChI=1S/C16H21N3OS/c1-13-10-17-19(11-13)14-4-2-8-18(12-14)16(20)7-6-15-5-3-9-21-15/h3,5,9-11,14H,2,4,6-8,12H2,1H3/t14-/m0/s1. The molecule has 21 heavy (non-hydrogen) atoms. The first-order valence-corrected chi connectivity index (χ1v) is 8.41. The minimum Gasteiger partial charge on any atom is -0.341 e. The first-order chi connectivity index (χ1) is 10.2. The summed E-state index contributed by atoms with van der Waals surface area (Å²) in [5.41, 5.74) is 1.18. The number of amides is 1. The van der Waals surface area contributed by atoms with E-state index >= 15 is 0 Å². The minimum atomic E-state index is 0.275. The lowest BCUT2D eigenvalue weighted by molar-refractivity contribution is -0.132. The molecule has 1 atom stereocenters. The van der Waals surface area contributed by atoms with Gasteiger partial charge in [0, 0.05) is 30.6 Å². The molecule has 1 saturated heterocycles. The maximum absolute atomic E-state index is 12.4. The van der Waals surface area contributed by atoms with Crippen LogP contribution in [0.1, 0.15) is 35.7 Å². The fourth-order valence-corrected chi connectivity index (χ4v) is 3.58. The van der Waals surface area contributed by atoms with Crippen LogP contribution in [0.3, 0.4) is 0 Å². The summed E-state index contributed by atoms with van der Waals surface area (Å²) in [4.78, 5) is 15.7. The topological polar surface area (TPSA) is 38.1 Å². The zero-order valence-corrected chi connectivity index (χ0v) is 13.2. The van der Waals surface area contributed by atoms with Crippen molar-refractivity contribution in [2.75, 3.05) is 13.1 Å². The van der Waals surface area contributed by atoms with E-state index in [4.69, 9.17) is 0 Å². The van der Waals surface area contributed by atoms with Crippen molar-refractivity contribution in [2.45, 2.75) is 38.6 Å². The molecular weight excluding hydrogens is 282 g/mol. The fourth-order valence-electron chi connectivity index (χ4n) is 2.87. The summed E-state index contributed by atoms with van der Waals surface area (Å²) in [5.74, 6) is 0.275. The number of rotatable bonds is 4. The highest BCUT2D eigenvalue weighted by molar-refractivity contribution is 7.09. The highest BCUT2D eigenvalue weighted by Crippen LogP contribution is 2.22. The van der Waals surface area contributed by atoms with Crippen molar-refractivity contribution in [3.05, 3.63) is 40.3 Å². The molecule has 2 aromatic rings. The van der Waals surface area contributed by atoms with E-state index < -0.39 is 0 Å². The van der Waals surface area contributed by atoms with Crippen LogP contribution in [0.15, 0.2) is 29.9 Å². The predicted octanol–water partition coefficient (Wildman–Crippen LogP) is 3.05. The number of piperidine rings is 1. The van der Waals surface area contributed by atoms with E-state index in [2.05, 4.69) is 29.7 Å². The third kappa shape index (κ3) is 3.53. The molecule has 3 heterocycles. The van der Waals surface area contributed by atoms with Crippen molar-refractivity contribution in [3.63, 3.8) is 0 Å². The van der Waals surface area contributed by atoms with E-state index in [1.54, 1.807) is 11.3 Å². The first kappa shape index (κ1) is 14.3. The van der Waals surface area contributed by atoms with Gasteiger partial charge in [0.25, 0.3) is 0 Å². The van der Waals surface area contributed by atoms with E-state index in [1.807, 2.05) is 21.8 Å². The Balaban J connectivity index is 1.56. The molecule has 0 aliphatic carbocycles. The number of thiophene rings is 1. The first-order valence-electron chi connectivity index (χ1n) is 7.53. The Hall–Kier alpha value is -1.62. The van der Waals surface area contributed by atoms with Crippen LogP contribution in [-0.2, 0) is 11.2 Å². The van der Waals surface area contributed by atoms with E-state index in [0.29, 0.717) is 12.5 Å².